The highest BCUT2D eigenvalue weighted by Gasteiger charge is 2.25. The maximum absolute atomic E-state index is 5.50. The second-order valence-corrected chi connectivity index (χ2v) is 8.81. The zero-order chi connectivity index (χ0) is 20.5. The zero-order valence-corrected chi connectivity index (χ0v) is 18.1. The standard InChI is InChI=1S/C26H32N2O2/c1-29-24-11-8-17(15-25(24)30-2)14-23-26-20(12-13-27-23)21-16-19(9-10-22(21)28-26)18-6-4-3-5-7-18/h8-11,15-16,18,23,27-28H,3-7,12-14H2,1-2H3. The quantitative estimate of drug-likeness (QED) is 0.577. The predicted octanol–water partition coefficient (Wildman–Crippen LogP) is 5.66. The third kappa shape index (κ3) is 3.58. The number of nitrogens with one attached hydrogen (secondary N) is 2. The largest absolute Gasteiger partial charge is 0.493 e. The van der Waals surface area contributed by atoms with Crippen LogP contribution < -0.4 is 14.8 Å². The Morgan fingerprint density at radius 1 is 0.933 bits per heavy atom. The van der Waals surface area contributed by atoms with E-state index in [4.69, 9.17) is 9.47 Å². The van der Waals surface area contributed by atoms with Crippen LogP contribution in [-0.2, 0) is 12.8 Å². The molecule has 3 aromatic rings. The van der Waals surface area contributed by atoms with Crippen molar-refractivity contribution in [1.29, 1.82) is 0 Å². The average molecular weight is 405 g/mol. The summed E-state index contributed by atoms with van der Waals surface area (Å²) in [5.41, 5.74) is 6.93. The first-order valence-corrected chi connectivity index (χ1v) is 11.4. The van der Waals surface area contributed by atoms with Crippen molar-refractivity contribution in [1.82, 2.24) is 10.3 Å². The molecule has 4 heteroatoms. The molecule has 0 amide bonds. The van der Waals surface area contributed by atoms with E-state index < -0.39 is 0 Å². The summed E-state index contributed by atoms with van der Waals surface area (Å²) in [6, 6.07) is 13.7. The molecule has 1 unspecified atom stereocenters. The Kier molecular flexibility index (Phi) is 5.43. The first kappa shape index (κ1) is 19.5. The van der Waals surface area contributed by atoms with Crippen LogP contribution in [0, 0.1) is 0 Å². The summed E-state index contributed by atoms with van der Waals surface area (Å²) in [6.45, 7) is 1.02. The molecule has 1 atom stereocenters. The lowest BCUT2D eigenvalue weighted by Crippen LogP contribution is -2.31. The molecule has 2 aromatic carbocycles. The number of aromatic nitrogens is 1. The Balaban J connectivity index is 1.45. The molecule has 1 aromatic heterocycles. The Morgan fingerprint density at radius 2 is 1.77 bits per heavy atom. The van der Waals surface area contributed by atoms with Crippen LogP contribution in [-0.4, -0.2) is 25.7 Å². The Morgan fingerprint density at radius 3 is 2.57 bits per heavy atom. The van der Waals surface area contributed by atoms with Gasteiger partial charge >= 0.3 is 0 Å². The summed E-state index contributed by atoms with van der Waals surface area (Å²) in [6.07, 6.45) is 8.88. The molecule has 1 saturated carbocycles. The highest BCUT2D eigenvalue weighted by Crippen LogP contribution is 2.38. The van der Waals surface area contributed by atoms with E-state index in [0.29, 0.717) is 0 Å². The Hall–Kier alpha value is -2.46. The van der Waals surface area contributed by atoms with Crippen LogP contribution in [0.3, 0.4) is 0 Å². The van der Waals surface area contributed by atoms with Crippen molar-refractivity contribution in [2.75, 3.05) is 20.8 Å². The van der Waals surface area contributed by atoms with Gasteiger partial charge in [-0.25, -0.2) is 0 Å². The van der Waals surface area contributed by atoms with Crippen molar-refractivity contribution < 1.29 is 9.47 Å². The molecular formula is C26H32N2O2. The number of fused-ring (bicyclic) bond motifs is 3. The lowest BCUT2D eigenvalue weighted by Gasteiger charge is -2.25. The minimum Gasteiger partial charge on any atom is -0.493 e. The molecule has 1 aliphatic carbocycles. The van der Waals surface area contributed by atoms with Gasteiger partial charge in [-0.15, -0.1) is 0 Å². The van der Waals surface area contributed by atoms with Gasteiger partial charge < -0.3 is 19.8 Å². The topological polar surface area (TPSA) is 46.3 Å². The number of methoxy groups -OCH3 is 2. The number of benzene rings is 2. The number of aromatic amines is 1. The highest BCUT2D eigenvalue weighted by molar-refractivity contribution is 5.86. The smallest absolute Gasteiger partial charge is 0.160 e. The van der Waals surface area contributed by atoms with Gasteiger partial charge in [-0.05, 0) is 79.1 Å². The summed E-state index contributed by atoms with van der Waals surface area (Å²) in [5.74, 6) is 2.32. The minimum atomic E-state index is 0.289. The molecule has 2 heterocycles. The van der Waals surface area contributed by atoms with Crippen molar-refractivity contribution in [3.8, 4) is 11.5 Å². The molecule has 4 nitrogen and oxygen atoms in total. The van der Waals surface area contributed by atoms with Gasteiger partial charge in [-0.2, -0.15) is 0 Å². The van der Waals surface area contributed by atoms with E-state index in [2.05, 4.69) is 40.6 Å². The van der Waals surface area contributed by atoms with Gasteiger partial charge in [0.05, 0.1) is 20.3 Å². The molecule has 5 rings (SSSR count). The van der Waals surface area contributed by atoms with Gasteiger partial charge in [-0.1, -0.05) is 31.4 Å². The Bertz CT molecular complexity index is 1030. The predicted molar refractivity (Wildman–Crippen MR) is 122 cm³/mol. The van der Waals surface area contributed by atoms with Crippen molar-refractivity contribution in [3.63, 3.8) is 0 Å². The lowest BCUT2D eigenvalue weighted by atomic mass is 9.83. The van der Waals surface area contributed by atoms with E-state index in [1.807, 2.05) is 6.07 Å². The molecule has 2 aliphatic rings. The van der Waals surface area contributed by atoms with Crippen LogP contribution >= 0.6 is 0 Å². The highest BCUT2D eigenvalue weighted by atomic mass is 16.5. The van der Waals surface area contributed by atoms with Crippen molar-refractivity contribution in [2.24, 2.45) is 0 Å². The van der Waals surface area contributed by atoms with Gasteiger partial charge in [-0.3, -0.25) is 0 Å². The van der Waals surface area contributed by atoms with Gasteiger partial charge in [0.15, 0.2) is 11.5 Å². The zero-order valence-electron chi connectivity index (χ0n) is 18.1. The summed E-state index contributed by atoms with van der Waals surface area (Å²) < 4.78 is 10.9. The first-order chi connectivity index (χ1) is 14.8. The van der Waals surface area contributed by atoms with Gasteiger partial charge in [0, 0.05) is 16.6 Å². The van der Waals surface area contributed by atoms with Crippen molar-refractivity contribution in [3.05, 3.63) is 58.8 Å². The fraction of sp³-hybridized carbons (Fsp3) is 0.462. The van der Waals surface area contributed by atoms with Crippen molar-refractivity contribution >= 4 is 10.9 Å². The molecule has 2 N–H and O–H groups in total. The van der Waals surface area contributed by atoms with Crippen LogP contribution in [0.2, 0.25) is 0 Å². The SMILES string of the molecule is COc1ccc(CC2NCCc3c2[nH]c2ccc(C4CCCCC4)cc32)cc1OC. The number of rotatable bonds is 5. The molecule has 0 saturated heterocycles. The molecule has 158 valence electrons. The summed E-state index contributed by atoms with van der Waals surface area (Å²) in [7, 11) is 3.37. The van der Waals surface area contributed by atoms with E-state index in [9.17, 15) is 0 Å². The molecule has 0 radical (unpaired) electrons. The van der Waals surface area contributed by atoms with E-state index in [-0.39, 0.29) is 6.04 Å². The van der Waals surface area contributed by atoms with Crippen LogP contribution in [0.15, 0.2) is 36.4 Å². The fourth-order valence-electron chi connectivity index (χ4n) is 5.43. The summed E-state index contributed by atoms with van der Waals surface area (Å²) in [5, 5.41) is 5.16. The minimum absolute atomic E-state index is 0.289. The molecule has 1 aliphatic heterocycles. The molecule has 30 heavy (non-hydrogen) atoms. The molecule has 0 bridgehead atoms. The summed E-state index contributed by atoms with van der Waals surface area (Å²) >= 11 is 0. The maximum Gasteiger partial charge on any atom is 0.160 e. The monoisotopic (exact) mass is 404 g/mol. The second kappa shape index (κ2) is 8.35. The molecular weight excluding hydrogens is 372 g/mol. The van der Waals surface area contributed by atoms with E-state index in [0.717, 1.165) is 36.8 Å². The van der Waals surface area contributed by atoms with Gasteiger partial charge in [0.1, 0.15) is 0 Å². The van der Waals surface area contributed by atoms with Crippen molar-refractivity contribution in [2.45, 2.75) is 56.9 Å². The van der Waals surface area contributed by atoms with E-state index in [1.165, 1.54) is 59.8 Å². The third-order valence-electron chi connectivity index (χ3n) is 7.04. The van der Waals surface area contributed by atoms with Crippen LogP contribution in [0.1, 0.15) is 66.4 Å². The normalized spacial score (nSPS) is 19.6. The number of hydrogen-bond donors (Lipinski definition) is 2. The molecule has 1 fully saturated rings. The van der Waals surface area contributed by atoms with Gasteiger partial charge in [0.2, 0.25) is 0 Å². The fourth-order valence-corrected chi connectivity index (χ4v) is 5.43. The maximum atomic E-state index is 5.50. The van der Waals surface area contributed by atoms with E-state index in [1.54, 1.807) is 19.8 Å². The van der Waals surface area contributed by atoms with Crippen LogP contribution in [0.25, 0.3) is 10.9 Å². The number of ether oxygens (including phenoxy) is 2. The van der Waals surface area contributed by atoms with Crippen LogP contribution in [0.4, 0.5) is 0 Å². The first-order valence-electron chi connectivity index (χ1n) is 11.4. The van der Waals surface area contributed by atoms with Crippen LogP contribution in [0.5, 0.6) is 11.5 Å². The van der Waals surface area contributed by atoms with E-state index >= 15 is 0 Å². The third-order valence-corrected chi connectivity index (χ3v) is 7.04. The molecule has 0 spiro atoms. The van der Waals surface area contributed by atoms with Gasteiger partial charge in [0.25, 0.3) is 0 Å². The lowest BCUT2D eigenvalue weighted by molar-refractivity contribution is 0.354. The summed E-state index contributed by atoms with van der Waals surface area (Å²) in [4.78, 5) is 3.75. The number of H-pyrrole nitrogens is 1. The Labute approximate surface area is 179 Å². The number of hydrogen-bond acceptors (Lipinski definition) is 3. The average Bonchev–Trinajstić information content (AvgIpc) is 3.18. The second-order valence-electron chi connectivity index (χ2n) is 8.81.